The highest BCUT2D eigenvalue weighted by Crippen LogP contribution is 2.21. The molecule has 2 aromatic heterocycles. The van der Waals surface area contributed by atoms with Gasteiger partial charge in [-0.05, 0) is 30.0 Å². The van der Waals surface area contributed by atoms with E-state index in [1.165, 1.54) is 11.3 Å². The fourth-order valence-electron chi connectivity index (χ4n) is 2.37. The molecule has 0 fully saturated rings. The number of halogens is 1. The topological polar surface area (TPSA) is 44.1 Å². The number of aryl methyl sites for hydroxylation is 1. The summed E-state index contributed by atoms with van der Waals surface area (Å²) in [5, 5.41) is 1.89. The Morgan fingerprint density at radius 1 is 1.36 bits per heavy atom. The van der Waals surface area contributed by atoms with Crippen LogP contribution in [0.1, 0.15) is 12.2 Å². The van der Waals surface area contributed by atoms with Crippen molar-refractivity contribution in [1.29, 1.82) is 0 Å². The Kier molecular flexibility index (Phi) is 4.45. The summed E-state index contributed by atoms with van der Waals surface area (Å²) in [7, 11) is 1.61. The zero-order chi connectivity index (χ0) is 15.5. The first kappa shape index (κ1) is 15.1. The van der Waals surface area contributed by atoms with Gasteiger partial charge in [-0.1, -0.05) is 6.07 Å². The molecule has 114 valence electrons. The molecule has 0 N–H and O–H groups in total. The molecule has 3 rings (SSSR count). The van der Waals surface area contributed by atoms with Crippen molar-refractivity contribution in [2.45, 2.75) is 12.8 Å². The van der Waals surface area contributed by atoms with E-state index in [1.807, 2.05) is 35.7 Å². The molecule has 0 unspecified atom stereocenters. The maximum absolute atomic E-state index is 12.8. The van der Waals surface area contributed by atoms with Crippen LogP contribution in [0.5, 0.6) is 5.75 Å². The Labute approximate surface area is 136 Å². The molecular weight excluding hydrogens is 320 g/mol. The van der Waals surface area contributed by atoms with E-state index in [2.05, 4.69) is 4.98 Å². The molecule has 0 atom stereocenters. The van der Waals surface area contributed by atoms with Crippen LogP contribution >= 0.6 is 22.9 Å². The molecule has 0 aliphatic rings. The number of alkyl halides is 1. The molecule has 0 amide bonds. The Bertz CT molecular complexity index is 857. The molecule has 0 saturated heterocycles. The van der Waals surface area contributed by atoms with Gasteiger partial charge in [-0.3, -0.25) is 9.36 Å². The number of thiophene rings is 1. The molecule has 0 aliphatic heterocycles. The summed E-state index contributed by atoms with van der Waals surface area (Å²) >= 11 is 7.21. The van der Waals surface area contributed by atoms with Gasteiger partial charge < -0.3 is 4.74 Å². The zero-order valence-electron chi connectivity index (χ0n) is 12.1. The van der Waals surface area contributed by atoms with Crippen LogP contribution in [0.3, 0.4) is 0 Å². The summed E-state index contributed by atoms with van der Waals surface area (Å²) in [5.41, 5.74) is 1.47. The van der Waals surface area contributed by atoms with Gasteiger partial charge in [-0.2, -0.15) is 0 Å². The molecule has 0 spiro atoms. The van der Waals surface area contributed by atoms with Gasteiger partial charge >= 0.3 is 0 Å². The molecular formula is C16H15ClN2O2S. The van der Waals surface area contributed by atoms with E-state index in [9.17, 15) is 4.79 Å². The maximum atomic E-state index is 12.8. The molecule has 3 aromatic rings. The number of nitrogens with zero attached hydrogens (tertiary/aromatic N) is 2. The molecule has 22 heavy (non-hydrogen) atoms. The van der Waals surface area contributed by atoms with Crippen molar-refractivity contribution in [2.75, 3.05) is 13.0 Å². The number of ether oxygens (including phenoxy) is 1. The SMILES string of the molecule is COc1cccc(-n2c(CCCCl)nc3ccsc3c2=O)c1. The summed E-state index contributed by atoms with van der Waals surface area (Å²) in [6.07, 6.45) is 1.43. The van der Waals surface area contributed by atoms with E-state index in [1.54, 1.807) is 11.7 Å². The minimum atomic E-state index is -0.0437. The number of benzene rings is 1. The fraction of sp³-hybridized carbons (Fsp3) is 0.250. The van der Waals surface area contributed by atoms with Crippen LogP contribution in [0.2, 0.25) is 0 Å². The van der Waals surface area contributed by atoms with Gasteiger partial charge in [0.15, 0.2) is 0 Å². The van der Waals surface area contributed by atoms with Crippen LogP contribution in [0.25, 0.3) is 15.9 Å². The Balaban J connectivity index is 2.24. The Morgan fingerprint density at radius 3 is 3.00 bits per heavy atom. The van der Waals surface area contributed by atoms with Crippen molar-refractivity contribution in [3.05, 3.63) is 51.9 Å². The van der Waals surface area contributed by atoms with E-state index < -0.39 is 0 Å². The second-order valence-electron chi connectivity index (χ2n) is 4.80. The van der Waals surface area contributed by atoms with Crippen molar-refractivity contribution in [3.63, 3.8) is 0 Å². The second-order valence-corrected chi connectivity index (χ2v) is 6.09. The number of hydrogen-bond donors (Lipinski definition) is 0. The molecule has 0 bridgehead atoms. The summed E-state index contributed by atoms with van der Waals surface area (Å²) in [6.45, 7) is 0. The molecule has 1 aromatic carbocycles. The van der Waals surface area contributed by atoms with Crippen LogP contribution in [0.4, 0.5) is 0 Å². The molecule has 0 saturated carbocycles. The predicted octanol–water partition coefficient (Wildman–Crippen LogP) is 3.63. The van der Waals surface area contributed by atoms with Crippen molar-refractivity contribution < 1.29 is 4.74 Å². The smallest absolute Gasteiger partial charge is 0.276 e. The lowest BCUT2D eigenvalue weighted by Gasteiger charge is -2.13. The molecule has 0 radical (unpaired) electrons. The van der Waals surface area contributed by atoms with Crippen LogP contribution in [-0.2, 0) is 6.42 Å². The summed E-state index contributed by atoms with van der Waals surface area (Å²) in [6, 6.07) is 9.32. The lowest BCUT2D eigenvalue weighted by atomic mass is 10.2. The lowest BCUT2D eigenvalue weighted by molar-refractivity contribution is 0.414. The molecule has 6 heteroatoms. The van der Waals surface area contributed by atoms with Gasteiger partial charge in [0.2, 0.25) is 0 Å². The maximum Gasteiger partial charge on any atom is 0.276 e. The van der Waals surface area contributed by atoms with Crippen molar-refractivity contribution >= 4 is 33.2 Å². The largest absolute Gasteiger partial charge is 0.497 e. The van der Waals surface area contributed by atoms with Crippen LogP contribution in [-0.4, -0.2) is 22.5 Å². The number of hydrogen-bond acceptors (Lipinski definition) is 4. The summed E-state index contributed by atoms with van der Waals surface area (Å²) in [4.78, 5) is 17.5. The summed E-state index contributed by atoms with van der Waals surface area (Å²) < 4.78 is 7.58. The van der Waals surface area contributed by atoms with Gasteiger partial charge in [-0.25, -0.2) is 4.98 Å². The van der Waals surface area contributed by atoms with Crippen molar-refractivity contribution in [3.8, 4) is 11.4 Å². The quantitative estimate of drug-likeness (QED) is 0.669. The molecule has 2 heterocycles. The zero-order valence-corrected chi connectivity index (χ0v) is 13.7. The number of methoxy groups -OCH3 is 1. The van der Waals surface area contributed by atoms with E-state index >= 15 is 0 Å². The van der Waals surface area contributed by atoms with E-state index in [-0.39, 0.29) is 5.56 Å². The van der Waals surface area contributed by atoms with Crippen LogP contribution in [0.15, 0.2) is 40.5 Å². The Morgan fingerprint density at radius 2 is 2.23 bits per heavy atom. The van der Waals surface area contributed by atoms with Gasteiger partial charge in [0.1, 0.15) is 16.3 Å². The normalized spacial score (nSPS) is 11.0. The third-order valence-corrected chi connectivity index (χ3v) is 4.55. The van der Waals surface area contributed by atoms with Crippen LogP contribution < -0.4 is 10.3 Å². The number of rotatable bonds is 5. The number of fused-ring (bicyclic) bond motifs is 1. The first-order valence-corrected chi connectivity index (χ1v) is 8.35. The first-order chi connectivity index (χ1) is 10.7. The number of aromatic nitrogens is 2. The van der Waals surface area contributed by atoms with Crippen molar-refractivity contribution in [1.82, 2.24) is 9.55 Å². The Hall–Kier alpha value is -1.85. The highest BCUT2D eigenvalue weighted by atomic mass is 35.5. The average molecular weight is 335 g/mol. The van der Waals surface area contributed by atoms with Gasteiger partial charge in [0, 0.05) is 18.4 Å². The molecule has 0 aliphatic carbocycles. The minimum Gasteiger partial charge on any atom is -0.497 e. The van der Waals surface area contributed by atoms with Gasteiger partial charge in [-0.15, -0.1) is 22.9 Å². The third kappa shape index (κ3) is 2.74. The van der Waals surface area contributed by atoms with Crippen molar-refractivity contribution in [2.24, 2.45) is 0 Å². The standard InChI is InChI=1S/C16H15ClN2O2S/c1-21-12-5-2-4-11(10-12)19-14(6-3-8-17)18-13-7-9-22-15(13)16(19)20/h2,4-5,7,9-10H,3,6,8H2,1H3. The highest BCUT2D eigenvalue weighted by Gasteiger charge is 2.13. The van der Waals surface area contributed by atoms with Gasteiger partial charge in [0.05, 0.1) is 18.3 Å². The van der Waals surface area contributed by atoms with Gasteiger partial charge in [0.25, 0.3) is 5.56 Å². The second kappa shape index (κ2) is 6.50. The minimum absolute atomic E-state index is 0.0437. The molecule has 4 nitrogen and oxygen atoms in total. The first-order valence-electron chi connectivity index (χ1n) is 6.94. The summed E-state index contributed by atoms with van der Waals surface area (Å²) in [5.74, 6) is 1.97. The fourth-order valence-corrected chi connectivity index (χ4v) is 3.26. The third-order valence-electron chi connectivity index (χ3n) is 3.39. The van der Waals surface area contributed by atoms with E-state index in [4.69, 9.17) is 16.3 Å². The van der Waals surface area contributed by atoms with E-state index in [0.29, 0.717) is 22.8 Å². The van der Waals surface area contributed by atoms with Crippen LogP contribution in [0, 0.1) is 0 Å². The predicted molar refractivity (Wildman–Crippen MR) is 90.8 cm³/mol. The average Bonchev–Trinajstić information content (AvgIpc) is 3.02. The lowest BCUT2D eigenvalue weighted by Crippen LogP contribution is -2.23. The van der Waals surface area contributed by atoms with E-state index in [0.717, 1.165) is 23.4 Å². The highest BCUT2D eigenvalue weighted by molar-refractivity contribution is 7.17. The monoisotopic (exact) mass is 334 g/mol.